The number of fused-ring (bicyclic) bond motifs is 1. The second kappa shape index (κ2) is 10.7. The molecule has 0 aliphatic carbocycles. The normalized spacial score (nSPS) is 27.0. The number of rotatable bonds is 2. The van der Waals surface area contributed by atoms with Crippen LogP contribution in [0.2, 0.25) is 0 Å². The maximum atomic E-state index is 15.1. The fraction of sp³-hybridized carbons (Fsp3) is 0.444. The van der Waals surface area contributed by atoms with Crippen molar-refractivity contribution in [1.29, 1.82) is 0 Å². The molecule has 0 bridgehead atoms. The number of carbonyl (C=O) groups excluding carboxylic acids is 2. The van der Waals surface area contributed by atoms with Gasteiger partial charge in [-0.1, -0.05) is 36.4 Å². The van der Waals surface area contributed by atoms with Gasteiger partial charge >= 0.3 is 12.3 Å². The number of hydrogen-bond donors (Lipinski definition) is 2. The average Bonchev–Trinajstić information content (AvgIpc) is 3.02. The fourth-order valence-electron chi connectivity index (χ4n) is 4.70. The van der Waals surface area contributed by atoms with Crippen molar-refractivity contribution >= 4 is 28.6 Å². The number of benzene rings is 2. The first kappa shape index (κ1) is 29.8. The molecule has 2 aliphatic rings. The third-order valence-corrected chi connectivity index (χ3v) is 9.15. The van der Waals surface area contributed by atoms with E-state index in [2.05, 4.69) is 9.71 Å². The molecule has 3 atom stereocenters. The van der Waals surface area contributed by atoms with E-state index in [9.17, 15) is 27.3 Å². The van der Waals surface area contributed by atoms with Gasteiger partial charge < -0.3 is 9.29 Å². The molecule has 2 N–H and O–H groups in total. The van der Waals surface area contributed by atoms with Crippen LogP contribution in [0.5, 0.6) is 0 Å². The van der Waals surface area contributed by atoms with Gasteiger partial charge in [0, 0.05) is 28.4 Å². The summed E-state index contributed by atoms with van der Waals surface area (Å²) in [5, 5.41) is 0. The van der Waals surface area contributed by atoms with Gasteiger partial charge in [-0.05, 0) is 58.7 Å². The van der Waals surface area contributed by atoms with Gasteiger partial charge in [0.1, 0.15) is 23.0 Å². The molecule has 218 valence electrons. The van der Waals surface area contributed by atoms with E-state index in [1.165, 1.54) is 43.3 Å². The second-order valence-corrected chi connectivity index (χ2v) is 13.2. The molecule has 8 nitrogen and oxygen atoms in total. The molecule has 0 spiro atoms. The Morgan fingerprint density at radius 2 is 1.75 bits per heavy atom. The Balaban J connectivity index is 1.95. The van der Waals surface area contributed by atoms with E-state index in [1.54, 1.807) is 39.0 Å². The van der Waals surface area contributed by atoms with Crippen LogP contribution in [0.1, 0.15) is 56.5 Å². The fourth-order valence-corrected chi connectivity index (χ4v) is 7.60. The minimum Gasteiger partial charge on any atom is -0.443 e. The van der Waals surface area contributed by atoms with Gasteiger partial charge in [-0.3, -0.25) is 9.10 Å². The van der Waals surface area contributed by atoms with Gasteiger partial charge in [0.25, 0.3) is 5.91 Å². The van der Waals surface area contributed by atoms with E-state index < -0.39 is 63.6 Å². The minimum atomic E-state index is -4.69. The van der Waals surface area contributed by atoms with Gasteiger partial charge in [-0.15, -0.1) is 0 Å². The molecular formula is C27H32F4N4O4S. The summed E-state index contributed by atoms with van der Waals surface area (Å²) in [6.45, 7) is 6.06. The Hall–Kier alpha value is -3.16. The number of alkyl halides is 3. The van der Waals surface area contributed by atoms with Crippen LogP contribution < -0.4 is 4.72 Å². The highest BCUT2D eigenvalue weighted by molar-refractivity contribution is 8.26. The maximum Gasteiger partial charge on any atom is 0.424 e. The molecule has 2 aromatic carbocycles. The molecule has 4 rings (SSSR count). The van der Waals surface area contributed by atoms with E-state index in [1.807, 2.05) is 0 Å². The van der Waals surface area contributed by atoms with Crippen molar-refractivity contribution in [3.8, 4) is 0 Å². The summed E-state index contributed by atoms with van der Waals surface area (Å²) in [7, 11) is -3.65. The lowest BCUT2D eigenvalue weighted by atomic mass is 9.94. The molecule has 40 heavy (non-hydrogen) atoms. The number of aliphatic imine (C=N–C) groups is 1. The molecule has 1 fully saturated rings. The summed E-state index contributed by atoms with van der Waals surface area (Å²) < 4.78 is 78.0. The number of nitrogens with one attached hydrogen (secondary N) is 1. The molecule has 2 heterocycles. The molecule has 1 saturated heterocycles. The van der Waals surface area contributed by atoms with Crippen LogP contribution in [0.15, 0.2) is 59.6 Å². The van der Waals surface area contributed by atoms with Crippen LogP contribution in [0.3, 0.4) is 0 Å². The summed E-state index contributed by atoms with van der Waals surface area (Å²) in [6, 6.07) is 11.2. The Bertz CT molecular complexity index is 1300. The number of imide groups is 1. The SMILES string of the molecule is CC(C)(C)OC(=O)N(C(=O)c1ccccc1)C1=N[C@](C)(c2ccccc2F)CS2(O)N[C@H](C(F)(F)F)CCCN12. The smallest absolute Gasteiger partial charge is 0.424 e. The van der Waals surface area contributed by atoms with E-state index in [0.29, 0.717) is 4.90 Å². The number of hydrogen-bond acceptors (Lipinski definition) is 7. The zero-order chi connectivity index (χ0) is 29.5. The Morgan fingerprint density at radius 1 is 1.12 bits per heavy atom. The molecule has 13 heteroatoms. The number of ether oxygens (including phenoxy) is 1. The lowest BCUT2D eigenvalue weighted by Gasteiger charge is -2.53. The number of amides is 2. The van der Waals surface area contributed by atoms with Gasteiger partial charge in [-0.25, -0.2) is 18.9 Å². The van der Waals surface area contributed by atoms with Crippen LogP contribution >= 0.6 is 10.7 Å². The van der Waals surface area contributed by atoms with Crippen molar-refractivity contribution in [2.24, 2.45) is 4.99 Å². The van der Waals surface area contributed by atoms with Gasteiger partial charge in [0.2, 0.25) is 5.96 Å². The largest absolute Gasteiger partial charge is 0.443 e. The number of nitrogens with zero attached hydrogens (tertiary/aromatic N) is 3. The highest BCUT2D eigenvalue weighted by Gasteiger charge is 2.54. The van der Waals surface area contributed by atoms with Crippen LogP contribution in [0.25, 0.3) is 0 Å². The molecule has 0 aromatic heterocycles. The average molecular weight is 585 g/mol. The number of carbonyl (C=O) groups is 2. The highest BCUT2D eigenvalue weighted by atomic mass is 32.3. The van der Waals surface area contributed by atoms with Crippen molar-refractivity contribution in [1.82, 2.24) is 13.9 Å². The van der Waals surface area contributed by atoms with Crippen molar-refractivity contribution < 1.29 is 36.4 Å². The lowest BCUT2D eigenvalue weighted by molar-refractivity contribution is -0.152. The van der Waals surface area contributed by atoms with E-state index in [0.717, 1.165) is 4.31 Å². The van der Waals surface area contributed by atoms with Crippen LogP contribution in [0.4, 0.5) is 22.4 Å². The summed E-state index contributed by atoms with van der Waals surface area (Å²) in [6.07, 6.45) is -6.23. The van der Waals surface area contributed by atoms with E-state index >= 15 is 4.39 Å². The van der Waals surface area contributed by atoms with Crippen molar-refractivity contribution in [3.05, 3.63) is 71.5 Å². The summed E-state index contributed by atoms with van der Waals surface area (Å²) in [5.74, 6) is -2.43. The minimum absolute atomic E-state index is 0.0148. The van der Waals surface area contributed by atoms with Crippen molar-refractivity contribution in [2.75, 3.05) is 12.3 Å². The molecule has 0 saturated carbocycles. The van der Waals surface area contributed by atoms with Crippen molar-refractivity contribution in [3.63, 3.8) is 0 Å². The standard InChI is InChI=1S/C27H32F4N4O4S/c1-25(2,3)39-24(37)35(22(36)18-11-6-5-7-12-18)23-32-26(4,19-13-8-9-14-20(19)28)17-40(38)33-21(27(29,30)31)15-10-16-34(23)40/h5-9,11-14,21,33,38H,10,15-17H2,1-4H3/t21-,26-/m0/s1. The van der Waals surface area contributed by atoms with Crippen molar-refractivity contribution in [2.45, 2.75) is 63.9 Å². The number of halogens is 4. The predicted molar refractivity (Wildman–Crippen MR) is 144 cm³/mol. The summed E-state index contributed by atoms with van der Waals surface area (Å²) >= 11 is 0. The molecule has 2 amide bonds. The zero-order valence-electron chi connectivity index (χ0n) is 22.5. The van der Waals surface area contributed by atoms with Gasteiger partial charge in [0.05, 0.1) is 5.75 Å². The van der Waals surface area contributed by atoms with E-state index in [4.69, 9.17) is 4.74 Å². The van der Waals surface area contributed by atoms with Gasteiger partial charge in [-0.2, -0.15) is 18.1 Å². The first-order valence-corrected chi connectivity index (χ1v) is 14.4. The van der Waals surface area contributed by atoms with Crippen LogP contribution in [-0.4, -0.2) is 61.8 Å². The zero-order valence-corrected chi connectivity index (χ0v) is 23.4. The molecule has 0 radical (unpaired) electrons. The Labute approximate surface area is 231 Å². The maximum absolute atomic E-state index is 15.1. The third kappa shape index (κ3) is 6.11. The van der Waals surface area contributed by atoms with E-state index in [-0.39, 0.29) is 30.5 Å². The predicted octanol–water partition coefficient (Wildman–Crippen LogP) is 6.21. The second-order valence-electron chi connectivity index (χ2n) is 10.9. The highest BCUT2D eigenvalue weighted by Crippen LogP contribution is 2.56. The monoisotopic (exact) mass is 584 g/mol. The topological polar surface area (TPSA) is 94.5 Å². The van der Waals surface area contributed by atoms with Gasteiger partial charge in [0.15, 0.2) is 0 Å². The molecule has 2 aromatic rings. The summed E-state index contributed by atoms with van der Waals surface area (Å²) in [5.41, 5.74) is -2.66. The lowest BCUT2D eigenvalue weighted by Crippen LogP contribution is -2.60. The Morgan fingerprint density at radius 3 is 2.35 bits per heavy atom. The van der Waals surface area contributed by atoms with Crippen LogP contribution in [-0.2, 0) is 10.3 Å². The first-order chi connectivity index (χ1) is 18.5. The van der Waals surface area contributed by atoms with Crippen LogP contribution in [0, 0.1) is 5.82 Å². The number of guanidine groups is 1. The molecular weight excluding hydrogens is 552 g/mol. The first-order valence-electron chi connectivity index (χ1n) is 12.7. The molecule has 2 aliphatic heterocycles. The quantitative estimate of drug-likeness (QED) is 0.408. The Kier molecular flexibility index (Phi) is 7.96. The molecule has 1 unspecified atom stereocenters. The summed E-state index contributed by atoms with van der Waals surface area (Å²) in [4.78, 5) is 32.7. The third-order valence-electron chi connectivity index (χ3n) is 6.45.